The largest absolute Gasteiger partial charge is 0.383 e. The van der Waals surface area contributed by atoms with Crippen LogP contribution < -0.4 is 4.90 Å². The van der Waals surface area contributed by atoms with Crippen LogP contribution in [0.4, 0.5) is 5.82 Å². The SMILES string of the molecule is CC[C@@H](O)C(=O)N1CCc2c(nc(-c3ccncc3)nc2N(C)C)C1. The number of pyridine rings is 1. The molecule has 0 radical (unpaired) electrons. The molecule has 0 aromatic carbocycles. The highest BCUT2D eigenvalue weighted by molar-refractivity contribution is 5.81. The van der Waals surface area contributed by atoms with E-state index in [9.17, 15) is 9.90 Å². The molecule has 2 aromatic rings. The molecule has 0 spiro atoms. The lowest BCUT2D eigenvalue weighted by Crippen LogP contribution is -2.42. The smallest absolute Gasteiger partial charge is 0.251 e. The fourth-order valence-corrected chi connectivity index (χ4v) is 2.98. The van der Waals surface area contributed by atoms with E-state index in [0.717, 1.165) is 22.6 Å². The van der Waals surface area contributed by atoms with Crippen LogP contribution in [0.3, 0.4) is 0 Å². The highest BCUT2D eigenvalue weighted by Crippen LogP contribution is 2.28. The van der Waals surface area contributed by atoms with Crippen LogP contribution in [0, 0.1) is 0 Å². The molecule has 2 aromatic heterocycles. The average Bonchev–Trinajstić information content (AvgIpc) is 2.65. The first-order valence-corrected chi connectivity index (χ1v) is 8.45. The molecule has 132 valence electrons. The highest BCUT2D eigenvalue weighted by Gasteiger charge is 2.28. The number of aromatic nitrogens is 3. The fourth-order valence-electron chi connectivity index (χ4n) is 2.98. The summed E-state index contributed by atoms with van der Waals surface area (Å²) in [6, 6.07) is 3.74. The zero-order valence-electron chi connectivity index (χ0n) is 14.8. The molecular formula is C18H23N5O2. The molecule has 25 heavy (non-hydrogen) atoms. The topological polar surface area (TPSA) is 82.4 Å². The van der Waals surface area contributed by atoms with Gasteiger partial charge < -0.3 is 14.9 Å². The van der Waals surface area contributed by atoms with Crippen molar-refractivity contribution in [2.45, 2.75) is 32.4 Å². The van der Waals surface area contributed by atoms with Crippen LogP contribution in [0.2, 0.25) is 0 Å². The van der Waals surface area contributed by atoms with Crippen LogP contribution >= 0.6 is 0 Å². The summed E-state index contributed by atoms with van der Waals surface area (Å²) in [7, 11) is 3.91. The summed E-state index contributed by atoms with van der Waals surface area (Å²) in [4.78, 5) is 29.4. The van der Waals surface area contributed by atoms with Crippen molar-refractivity contribution in [3.63, 3.8) is 0 Å². The van der Waals surface area contributed by atoms with Crippen LogP contribution in [-0.4, -0.2) is 57.6 Å². The molecule has 1 atom stereocenters. The van der Waals surface area contributed by atoms with E-state index >= 15 is 0 Å². The Labute approximate surface area is 147 Å². The van der Waals surface area contributed by atoms with Gasteiger partial charge in [-0.3, -0.25) is 9.78 Å². The molecule has 1 aliphatic rings. The maximum Gasteiger partial charge on any atom is 0.251 e. The molecule has 3 rings (SSSR count). The van der Waals surface area contributed by atoms with E-state index in [2.05, 4.69) is 4.98 Å². The van der Waals surface area contributed by atoms with Gasteiger partial charge in [-0.05, 0) is 25.0 Å². The first kappa shape index (κ1) is 17.3. The number of amides is 1. The van der Waals surface area contributed by atoms with Crippen molar-refractivity contribution in [2.24, 2.45) is 0 Å². The third-order valence-electron chi connectivity index (χ3n) is 4.39. The van der Waals surface area contributed by atoms with Crippen molar-refractivity contribution in [1.82, 2.24) is 19.9 Å². The zero-order valence-corrected chi connectivity index (χ0v) is 14.8. The predicted octanol–water partition coefficient (Wildman–Crippen LogP) is 1.26. The van der Waals surface area contributed by atoms with Gasteiger partial charge in [-0.15, -0.1) is 0 Å². The van der Waals surface area contributed by atoms with Gasteiger partial charge in [-0.1, -0.05) is 6.92 Å². The van der Waals surface area contributed by atoms with Crippen molar-refractivity contribution in [2.75, 3.05) is 25.5 Å². The number of hydrogen-bond acceptors (Lipinski definition) is 6. The van der Waals surface area contributed by atoms with Gasteiger partial charge in [0, 0.05) is 44.2 Å². The maximum absolute atomic E-state index is 12.3. The lowest BCUT2D eigenvalue weighted by molar-refractivity contribution is -0.141. The van der Waals surface area contributed by atoms with Crippen molar-refractivity contribution in [1.29, 1.82) is 0 Å². The third-order valence-corrected chi connectivity index (χ3v) is 4.39. The number of carbonyl (C=O) groups is 1. The molecule has 0 fully saturated rings. The summed E-state index contributed by atoms with van der Waals surface area (Å²) in [5.41, 5.74) is 2.80. The molecule has 7 heteroatoms. The van der Waals surface area contributed by atoms with Crippen molar-refractivity contribution in [3.05, 3.63) is 35.8 Å². The second-order valence-corrected chi connectivity index (χ2v) is 6.36. The number of aliphatic hydroxyl groups is 1. The van der Waals surface area contributed by atoms with E-state index in [1.54, 1.807) is 24.2 Å². The number of carbonyl (C=O) groups excluding carboxylic acids is 1. The second-order valence-electron chi connectivity index (χ2n) is 6.36. The second kappa shape index (κ2) is 7.14. The molecule has 1 amide bonds. The zero-order chi connectivity index (χ0) is 18.0. The van der Waals surface area contributed by atoms with Crippen LogP contribution in [-0.2, 0) is 17.8 Å². The Morgan fingerprint density at radius 3 is 2.68 bits per heavy atom. The summed E-state index contributed by atoms with van der Waals surface area (Å²) in [6.45, 7) is 2.77. The minimum Gasteiger partial charge on any atom is -0.383 e. The normalized spacial score (nSPS) is 14.8. The third kappa shape index (κ3) is 3.46. The summed E-state index contributed by atoms with van der Waals surface area (Å²) in [6.07, 6.45) is 3.57. The Kier molecular flexibility index (Phi) is 4.94. The number of nitrogens with zero attached hydrogens (tertiary/aromatic N) is 5. The maximum atomic E-state index is 12.3. The predicted molar refractivity (Wildman–Crippen MR) is 95.0 cm³/mol. The van der Waals surface area contributed by atoms with Gasteiger partial charge in [-0.2, -0.15) is 0 Å². The number of rotatable bonds is 4. The lowest BCUT2D eigenvalue weighted by Gasteiger charge is -2.31. The molecule has 0 bridgehead atoms. The van der Waals surface area contributed by atoms with Crippen molar-refractivity contribution < 1.29 is 9.90 Å². The van der Waals surface area contributed by atoms with E-state index in [1.165, 1.54) is 0 Å². The van der Waals surface area contributed by atoms with Crippen LogP contribution in [0.1, 0.15) is 24.6 Å². The quantitative estimate of drug-likeness (QED) is 0.901. The Balaban J connectivity index is 2.00. The monoisotopic (exact) mass is 341 g/mol. The van der Waals surface area contributed by atoms with E-state index in [1.807, 2.05) is 31.1 Å². The van der Waals surface area contributed by atoms with Crippen molar-refractivity contribution >= 4 is 11.7 Å². The summed E-state index contributed by atoms with van der Waals surface area (Å²) in [5.74, 6) is 1.26. The minimum atomic E-state index is -0.948. The highest BCUT2D eigenvalue weighted by atomic mass is 16.3. The van der Waals surface area contributed by atoms with Gasteiger partial charge in [0.05, 0.1) is 12.2 Å². The van der Waals surface area contributed by atoms with Gasteiger partial charge in [-0.25, -0.2) is 9.97 Å². The Morgan fingerprint density at radius 2 is 2.04 bits per heavy atom. The summed E-state index contributed by atoms with van der Waals surface area (Å²) >= 11 is 0. The van der Waals surface area contributed by atoms with Crippen LogP contribution in [0.15, 0.2) is 24.5 Å². The van der Waals surface area contributed by atoms with Crippen LogP contribution in [0.25, 0.3) is 11.4 Å². The minimum absolute atomic E-state index is 0.233. The van der Waals surface area contributed by atoms with Gasteiger partial charge >= 0.3 is 0 Å². The number of fused-ring (bicyclic) bond motifs is 1. The molecule has 3 heterocycles. The van der Waals surface area contributed by atoms with Gasteiger partial charge in [0.15, 0.2) is 5.82 Å². The number of aliphatic hydroxyl groups excluding tert-OH is 1. The van der Waals surface area contributed by atoms with E-state index in [4.69, 9.17) is 9.97 Å². The molecule has 0 saturated carbocycles. The van der Waals surface area contributed by atoms with Crippen molar-refractivity contribution in [3.8, 4) is 11.4 Å². The van der Waals surface area contributed by atoms with Crippen LogP contribution in [0.5, 0.6) is 0 Å². The number of hydrogen-bond donors (Lipinski definition) is 1. The standard InChI is InChI=1S/C18H23N5O2/c1-4-15(24)18(25)23-10-7-13-14(11-23)20-16(21-17(13)22(2)3)12-5-8-19-9-6-12/h5-6,8-9,15,24H,4,7,10-11H2,1-3H3/t15-/m1/s1. The first-order chi connectivity index (χ1) is 12.0. The Bertz CT molecular complexity index is 764. The van der Waals surface area contributed by atoms with E-state index in [-0.39, 0.29) is 5.91 Å². The molecule has 0 unspecified atom stereocenters. The van der Waals surface area contributed by atoms with Gasteiger partial charge in [0.2, 0.25) is 0 Å². The Hall–Kier alpha value is -2.54. The van der Waals surface area contributed by atoms with E-state index < -0.39 is 6.10 Å². The molecule has 1 aliphatic heterocycles. The average molecular weight is 341 g/mol. The van der Waals surface area contributed by atoms with E-state index in [0.29, 0.717) is 31.8 Å². The molecule has 1 N–H and O–H groups in total. The molecule has 7 nitrogen and oxygen atoms in total. The van der Waals surface area contributed by atoms with Gasteiger partial charge in [0.1, 0.15) is 11.9 Å². The van der Waals surface area contributed by atoms with Gasteiger partial charge in [0.25, 0.3) is 5.91 Å². The first-order valence-electron chi connectivity index (χ1n) is 8.45. The lowest BCUT2D eigenvalue weighted by atomic mass is 10.0. The summed E-state index contributed by atoms with van der Waals surface area (Å²) in [5, 5.41) is 9.86. The summed E-state index contributed by atoms with van der Waals surface area (Å²) < 4.78 is 0. The Morgan fingerprint density at radius 1 is 1.32 bits per heavy atom. The molecule has 0 aliphatic carbocycles. The fraction of sp³-hybridized carbons (Fsp3) is 0.444. The molecule has 0 saturated heterocycles. The number of anilines is 1. The molecular weight excluding hydrogens is 318 g/mol.